The van der Waals surface area contributed by atoms with Crippen LogP contribution in [0.2, 0.25) is 0 Å². The van der Waals surface area contributed by atoms with Crippen LogP contribution in [0.15, 0.2) is 18.2 Å². The van der Waals surface area contributed by atoms with E-state index in [1.165, 1.54) is 30.4 Å². The molecule has 1 aromatic rings. The smallest absolute Gasteiger partial charge is 0.133 e. The molecule has 2 heteroatoms. The lowest BCUT2D eigenvalue weighted by atomic mass is 9.48. The van der Waals surface area contributed by atoms with Crippen LogP contribution in [0, 0.1) is 5.41 Å². The first-order chi connectivity index (χ1) is 10.5. The quantitative estimate of drug-likeness (QED) is 0.796. The van der Waals surface area contributed by atoms with Gasteiger partial charge in [0.2, 0.25) is 0 Å². The third-order valence-electron chi connectivity index (χ3n) is 6.40. The molecule has 1 saturated carbocycles. The Bertz CT molecular complexity index is 577. The van der Waals surface area contributed by atoms with Crippen LogP contribution < -0.4 is 4.74 Å². The van der Waals surface area contributed by atoms with E-state index in [4.69, 9.17) is 4.74 Å². The minimum absolute atomic E-state index is 0.149. The number of carbonyl (C=O) groups is 1. The van der Waals surface area contributed by atoms with Crippen LogP contribution in [-0.4, -0.2) is 12.9 Å². The molecule has 120 valence electrons. The highest BCUT2D eigenvalue weighted by molar-refractivity contribution is 5.81. The fraction of sp³-hybridized carbons (Fsp3) is 0.650. The van der Waals surface area contributed by atoms with Crippen molar-refractivity contribution in [2.24, 2.45) is 5.41 Å². The molecular formula is C20H28O2. The van der Waals surface area contributed by atoms with Crippen molar-refractivity contribution in [3.63, 3.8) is 0 Å². The number of ketones is 1. The first-order valence-electron chi connectivity index (χ1n) is 8.74. The van der Waals surface area contributed by atoms with E-state index in [0.29, 0.717) is 5.78 Å². The second kappa shape index (κ2) is 5.72. The van der Waals surface area contributed by atoms with Crippen molar-refractivity contribution >= 4 is 5.78 Å². The van der Waals surface area contributed by atoms with E-state index >= 15 is 0 Å². The van der Waals surface area contributed by atoms with Crippen LogP contribution in [0.1, 0.15) is 69.9 Å². The molecule has 0 bridgehead atoms. The van der Waals surface area contributed by atoms with E-state index in [2.05, 4.69) is 32.0 Å². The molecule has 0 amide bonds. The van der Waals surface area contributed by atoms with Gasteiger partial charge >= 0.3 is 0 Å². The first kappa shape index (κ1) is 15.6. The molecule has 0 radical (unpaired) electrons. The Morgan fingerprint density at radius 3 is 2.77 bits per heavy atom. The van der Waals surface area contributed by atoms with E-state index in [1.54, 1.807) is 7.11 Å². The van der Waals surface area contributed by atoms with Crippen molar-refractivity contribution in [3.8, 4) is 5.75 Å². The molecule has 0 heterocycles. The van der Waals surface area contributed by atoms with Gasteiger partial charge in [0, 0.05) is 12.8 Å². The summed E-state index contributed by atoms with van der Waals surface area (Å²) < 4.78 is 5.40. The molecule has 3 rings (SSSR count). The number of carbonyl (C=O) groups excluding carboxylic acids is 1. The molecule has 2 atom stereocenters. The summed E-state index contributed by atoms with van der Waals surface area (Å²) in [5.41, 5.74) is 3.24. The van der Waals surface area contributed by atoms with Crippen LogP contribution in [0.25, 0.3) is 0 Å². The minimum atomic E-state index is 0.149. The SMILES string of the molecule is CCCCC12CCc3cc(OC)ccc3C1(C)CCC(=O)C2. The van der Waals surface area contributed by atoms with Crippen molar-refractivity contribution in [3.05, 3.63) is 29.3 Å². The number of methoxy groups -OCH3 is 1. The number of rotatable bonds is 4. The highest BCUT2D eigenvalue weighted by Gasteiger charge is 2.54. The van der Waals surface area contributed by atoms with Gasteiger partial charge in [-0.3, -0.25) is 4.79 Å². The lowest BCUT2D eigenvalue weighted by molar-refractivity contribution is -0.128. The zero-order valence-corrected chi connectivity index (χ0v) is 14.2. The molecule has 0 saturated heterocycles. The van der Waals surface area contributed by atoms with Gasteiger partial charge in [0.15, 0.2) is 0 Å². The third-order valence-corrected chi connectivity index (χ3v) is 6.40. The van der Waals surface area contributed by atoms with Crippen LogP contribution >= 0.6 is 0 Å². The summed E-state index contributed by atoms with van der Waals surface area (Å²) in [6.45, 7) is 4.67. The highest BCUT2D eigenvalue weighted by Crippen LogP contribution is 2.59. The van der Waals surface area contributed by atoms with Crippen molar-refractivity contribution in [1.29, 1.82) is 0 Å². The fourth-order valence-electron chi connectivity index (χ4n) is 4.92. The fourth-order valence-corrected chi connectivity index (χ4v) is 4.92. The van der Waals surface area contributed by atoms with Crippen LogP contribution in [0.4, 0.5) is 0 Å². The summed E-state index contributed by atoms with van der Waals surface area (Å²) in [5, 5.41) is 0. The Hall–Kier alpha value is -1.31. The molecule has 2 nitrogen and oxygen atoms in total. The number of fused-ring (bicyclic) bond motifs is 3. The van der Waals surface area contributed by atoms with E-state index in [9.17, 15) is 4.79 Å². The average Bonchev–Trinajstić information content (AvgIpc) is 2.53. The van der Waals surface area contributed by atoms with Gasteiger partial charge in [0.05, 0.1) is 7.11 Å². The number of hydrogen-bond donors (Lipinski definition) is 0. The third kappa shape index (κ3) is 2.28. The molecule has 0 aliphatic heterocycles. The molecule has 22 heavy (non-hydrogen) atoms. The molecular weight excluding hydrogens is 272 g/mol. The number of benzene rings is 1. The predicted octanol–water partition coefficient (Wildman–Crippen LogP) is 4.83. The molecule has 2 aliphatic carbocycles. The van der Waals surface area contributed by atoms with Crippen molar-refractivity contribution < 1.29 is 9.53 Å². The number of hydrogen-bond acceptors (Lipinski definition) is 2. The molecule has 1 fully saturated rings. The van der Waals surface area contributed by atoms with Gasteiger partial charge in [0.25, 0.3) is 0 Å². The largest absolute Gasteiger partial charge is 0.497 e. The number of ether oxygens (including phenoxy) is 1. The van der Waals surface area contributed by atoms with E-state index < -0.39 is 0 Å². The van der Waals surface area contributed by atoms with Gasteiger partial charge in [-0.25, -0.2) is 0 Å². The zero-order valence-electron chi connectivity index (χ0n) is 14.2. The van der Waals surface area contributed by atoms with Gasteiger partial charge in [-0.05, 0) is 59.8 Å². The normalized spacial score (nSPS) is 30.6. The molecule has 0 aromatic heterocycles. The lowest BCUT2D eigenvalue weighted by Crippen LogP contribution is -2.51. The first-order valence-corrected chi connectivity index (χ1v) is 8.74. The van der Waals surface area contributed by atoms with Crippen molar-refractivity contribution in [2.45, 2.75) is 70.6 Å². The Morgan fingerprint density at radius 2 is 2.05 bits per heavy atom. The van der Waals surface area contributed by atoms with Crippen molar-refractivity contribution in [1.82, 2.24) is 0 Å². The summed E-state index contributed by atoms with van der Waals surface area (Å²) in [6, 6.07) is 6.57. The van der Waals surface area contributed by atoms with Crippen molar-refractivity contribution in [2.75, 3.05) is 7.11 Å². The maximum Gasteiger partial charge on any atom is 0.133 e. The second-order valence-corrected chi connectivity index (χ2v) is 7.45. The van der Waals surface area contributed by atoms with Crippen LogP contribution in [0.5, 0.6) is 5.75 Å². The van der Waals surface area contributed by atoms with Crippen LogP contribution in [0.3, 0.4) is 0 Å². The summed E-state index contributed by atoms with van der Waals surface area (Å²) >= 11 is 0. The standard InChI is InChI=1S/C20H28O2/c1-4-5-10-20-12-8-15-13-17(22-3)6-7-18(15)19(20,2)11-9-16(21)14-20/h6-7,13H,4-5,8-12,14H2,1-3H3. The van der Waals surface area contributed by atoms with E-state index in [-0.39, 0.29) is 10.8 Å². The van der Waals surface area contributed by atoms with Gasteiger partial charge in [0.1, 0.15) is 11.5 Å². The predicted molar refractivity (Wildman–Crippen MR) is 89.5 cm³/mol. The maximum atomic E-state index is 12.2. The minimum Gasteiger partial charge on any atom is -0.497 e. The summed E-state index contributed by atoms with van der Waals surface area (Å²) in [5.74, 6) is 1.43. The summed E-state index contributed by atoms with van der Waals surface area (Å²) in [7, 11) is 1.73. The molecule has 0 spiro atoms. The molecule has 2 aliphatic rings. The number of Topliss-reactive ketones (excluding diaryl/α,β-unsaturated/α-hetero) is 1. The topological polar surface area (TPSA) is 26.3 Å². The average molecular weight is 300 g/mol. The summed E-state index contributed by atoms with van der Waals surface area (Å²) in [4.78, 5) is 12.2. The highest BCUT2D eigenvalue weighted by atomic mass is 16.5. The summed E-state index contributed by atoms with van der Waals surface area (Å²) in [6.07, 6.45) is 8.40. The Balaban J connectivity index is 2.05. The monoisotopic (exact) mass is 300 g/mol. The van der Waals surface area contributed by atoms with Gasteiger partial charge < -0.3 is 4.74 Å². The second-order valence-electron chi connectivity index (χ2n) is 7.45. The van der Waals surface area contributed by atoms with Crippen LogP contribution in [-0.2, 0) is 16.6 Å². The number of aryl methyl sites for hydroxylation is 1. The molecule has 0 N–H and O–H groups in total. The van der Waals surface area contributed by atoms with Gasteiger partial charge in [-0.1, -0.05) is 32.8 Å². The molecule has 2 unspecified atom stereocenters. The van der Waals surface area contributed by atoms with E-state index in [1.807, 2.05) is 0 Å². The molecule has 1 aromatic carbocycles. The Kier molecular flexibility index (Phi) is 4.05. The Morgan fingerprint density at radius 1 is 1.23 bits per heavy atom. The zero-order chi connectivity index (χ0) is 15.8. The van der Waals surface area contributed by atoms with E-state index in [0.717, 1.165) is 37.9 Å². The Labute approximate surface area is 134 Å². The maximum absolute atomic E-state index is 12.2. The lowest BCUT2D eigenvalue weighted by Gasteiger charge is -2.56. The number of unbranched alkanes of at least 4 members (excludes halogenated alkanes) is 1. The van der Waals surface area contributed by atoms with Gasteiger partial charge in [-0.2, -0.15) is 0 Å². The van der Waals surface area contributed by atoms with Gasteiger partial charge in [-0.15, -0.1) is 0 Å².